The summed E-state index contributed by atoms with van der Waals surface area (Å²) < 4.78 is 0. The lowest BCUT2D eigenvalue weighted by molar-refractivity contribution is -0.150. The number of pyridine rings is 1. The van der Waals surface area contributed by atoms with Gasteiger partial charge >= 0.3 is 5.97 Å². The molecule has 1 aromatic rings. The highest BCUT2D eigenvalue weighted by molar-refractivity contribution is 5.95. The van der Waals surface area contributed by atoms with Gasteiger partial charge in [-0.2, -0.15) is 0 Å². The maximum absolute atomic E-state index is 12.9. The first-order chi connectivity index (χ1) is 11.8. The van der Waals surface area contributed by atoms with Crippen molar-refractivity contribution in [3.8, 4) is 0 Å². The quantitative estimate of drug-likeness (QED) is 0.821. The van der Waals surface area contributed by atoms with Crippen molar-refractivity contribution in [2.24, 2.45) is 11.3 Å². The number of fused-ring (bicyclic) bond motifs is 1. The SMILES string of the molecule is CC(C)C1(C(=O)O)CCN(C(=O)c2cc3c([nH]c2=O)CCCCC3)C1. The molecule has 2 N–H and O–H groups in total. The molecular weight excluding hydrogens is 320 g/mol. The number of carboxylic acid groups (broad SMARTS) is 1. The number of nitrogens with one attached hydrogen (secondary N) is 1. The Morgan fingerprint density at radius 2 is 1.96 bits per heavy atom. The number of hydrogen-bond acceptors (Lipinski definition) is 3. The largest absolute Gasteiger partial charge is 0.481 e. The van der Waals surface area contributed by atoms with Crippen LogP contribution >= 0.6 is 0 Å². The number of aliphatic carboxylic acids is 1. The van der Waals surface area contributed by atoms with Crippen molar-refractivity contribution >= 4 is 11.9 Å². The van der Waals surface area contributed by atoms with E-state index in [1.165, 1.54) is 4.90 Å². The lowest BCUT2D eigenvalue weighted by Crippen LogP contribution is -2.41. The second kappa shape index (κ2) is 6.65. The molecule has 2 heterocycles. The van der Waals surface area contributed by atoms with Gasteiger partial charge in [0.2, 0.25) is 0 Å². The summed E-state index contributed by atoms with van der Waals surface area (Å²) in [5, 5.41) is 9.64. The van der Waals surface area contributed by atoms with E-state index in [0.717, 1.165) is 43.4 Å². The first-order valence-electron chi connectivity index (χ1n) is 9.13. The van der Waals surface area contributed by atoms with Gasteiger partial charge in [-0.05, 0) is 49.7 Å². The number of likely N-dealkylation sites (tertiary alicyclic amines) is 1. The zero-order valence-electron chi connectivity index (χ0n) is 14.9. The van der Waals surface area contributed by atoms with E-state index in [2.05, 4.69) is 4.98 Å². The Labute approximate surface area is 147 Å². The molecule has 3 rings (SSSR count). The van der Waals surface area contributed by atoms with Crippen LogP contribution in [0.1, 0.15) is 61.1 Å². The fraction of sp³-hybridized carbons (Fsp3) is 0.632. The first kappa shape index (κ1) is 17.7. The Hall–Kier alpha value is -2.11. The van der Waals surface area contributed by atoms with Crippen molar-refractivity contribution in [2.75, 3.05) is 13.1 Å². The standard InChI is InChI=1S/C19H26N2O4/c1-12(2)19(18(24)25)8-9-21(11-19)17(23)14-10-13-6-4-3-5-7-15(13)20-16(14)22/h10,12H,3-9,11H2,1-2H3,(H,20,22)(H,24,25). The highest BCUT2D eigenvalue weighted by Crippen LogP contribution is 2.38. The Balaban J connectivity index is 1.88. The van der Waals surface area contributed by atoms with Crippen molar-refractivity contribution in [1.29, 1.82) is 0 Å². The average Bonchev–Trinajstić information content (AvgIpc) is 2.91. The minimum atomic E-state index is -0.923. The monoisotopic (exact) mass is 346 g/mol. The summed E-state index contributed by atoms with van der Waals surface area (Å²) in [4.78, 5) is 41.5. The molecule has 0 aromatic carbocycles. The predicted molar refractivity (Wildman–Crippen MR) is 93.7 cm³/mol. The molecule has 6 nitrogen and oxygen atoms in total. The lowest BCUT2D eigenvalue weighted by Gasteiger charge is -2.28. The molecule has 6 heteroatoms. The minimum Gasteiger partial charge on any atom is -0.481 e. The van der Waals surface area contributed by atoms with Crippen molar-refractivity contribution in [2.45, 2.75) is 52.4 Å². The van der Waals surface area contributed by atoms with E-state index in [9.17, 15) is 19.5 Å². The predicted octanol–water partition coefficient (Wildman–Crippen LogP) is 2.22. The number of carboxylic acids is 1. The fourth-order valence-electron chi connectivity index (χ4n) is 4.08. The van der Waals surface area contributed by atoms with Gasteiger partial charge in [0.1, 0.15) is 5.56 Å². The van der Waals surface area contributed by atoms with Crippen LogP contribution in [0.2, 0.25) is 0 Å². The summed E-state index contributed by atoms with van der Waals surface area (Å²) in [5.41, 5.74) is 0.859. The Morgan fingerprint density at radius 3 is 2.60 bits per heavy atom. The molecule has 1 atom stereocenters. The summed E-state index contributed by atoms with van der Waals surface area (Å²) in [7, 11) is 0. The number of carbonyl (C=O) groups is 2. The van der Waals surface area contributed by atoms with E-state index in [1.54, 1.807) is 6.07 Å². The number of H-pyrrole nitrogens is 1. The second-order valence-electron chi connectivity index (χ2n) is 7.67. The topological polar surface area (TPSA) is 90.5 Å². The first-order valence-corrected chi connectivity index (χ1v) is 9.13. The molecule has 0 spiro atoms. The lowest BCUT2D eigenvalue weighted by atomic mass is 9.76. The van der Waals surface area contributed by atoms with E-state index in [-0.39, 0.29) is 29.5 Å². The summed E-state index contributed by atoms with van der Waals surface area (Å²) >= 11 is 0. The van der Waals surface area contributed by atoms with Crippen molar-refractivity contribution in [1.82, 2.24) is 9.88 Å². The molecule has 1 fully saturated rings. The van der Waals surface area contributed by atoms with Crippen molar-refractivity contribution in [3.63, 3.8) is 0 Å². The summed E-state index contributed by atoms with van der Waals surface area (Å²) in [6.45, 7) is 4.28. The number of aromatic amines is 1. The highest BCUT2D eigenvalue weighted by Gasteiger charge is 2.48. The fourth-order valence-corrected chi connectivity index (χ4v) is 4.08. The van der Waals surface area contributed by atoms with Crippen LogP contribution < -0.4 is 5.56 Å². The maximum atomic E-state index is 12.9. The molecule has 136 valence electrons. The van der Waals surface area contributed by atoms with Crippen LogP contribution in [0.15, 0.2) is 10.9 Å². The van der Waals surface area contributed by atoms with Gasteiger partial charge in [-0.15, -0.1) is 0 Å². The average molecular weight is 346 g/mol. The minimum absolute atomic E-state index is 0.0758. The van der Waals surface area contributed by atoms with Crippen LogP contribution in [0.4, 0.5) is 0 Å². The molecule has 0 bridgehead atoms. The van der Waals surface area contributed by atoms with E-state index in [0.29, 0.717) is 13.0 Å². The van der Waals surface area contributed by atoms with E-state index in [1.807, 2.05) is 13.8 Å². The van der Waals surface area contributed by atoms with Crippen LogP contribution in [-0.4, -0.2) is 40.0 Å². The third-order valence-electron chi connectivity index (χ3n) is 5.94. The number of hydrogen-bond donors (Lipinski definition) is 2. The van der Waals surface area contributed by atoms with Gasteiger partial charge in [0.05, 0.1) is 5.41 Å². The Bertz CT molecular complexity index is 752. The van der Waals surface area contributed by atoms with E-state index >= 15 is 0 Å². The van der Waals surface area contributed by atoms with Gasteiger partial charge < -0.3 is 15.0 Å². The van der Waals surface area contributed by atoms with E-state index < -0.39 is 11.4 Å². The number of amides is 1. The molecule has 2 aliphatic rings. The van der Waals surface area contributed by atoms with Gasteiger partial charge in [-0.25, -0.2) is 0 Å². The molecule has 1 aliphatic carbocycles. The van der Waals surface area contributed by atoms with Crippen molar-refractivity contribution < 1.29 is 14.7 Å². The van der Waals surface area contributed by atoms with Gasteiger partial charge in [0.25, 0.3) is 11.5 Å². The third kappa shape index (κ3) is 3.10. The number of rotatable bonds is 3. The summed E-state index contributed by atoms with van der Waals surface area (Å²) in [6.07, 6.45) is 5.38. The van der Waals surface area contributed by atoms with Crippen LogP contribution in [0.3, 0.4) is 0 Å². The third-order valence-corrected chi connectivity index (χ3v) is 5.94. The van der Waals surface area contributed by atoms with Crippen LogP contribution in [0, 0.1) is 11.3 Å². The zero-order chi connectivity index (χ0) is 18.2. The molecular formula is C19H26N2O4. The van der Waals surface area contributed by atoms with Crippen LogP contribution in [0.5, 0.6) is 0 Å². The smallest absolute Gasteiger partial charge is 0.311 e. The molecule has 1 saturated heterocycles. The van der Waals surface area contributed by atoms with Gasteiger partial charge in [0.15, 0.2) is 0 Å². The van der Waals surface area contributed by atoms with Crippen LogP contribution in [-0.2, 0) is 17.6 Å². The molecule has 25 heavy (non-hydrogen) atoms. The molecule has 1 amide bonds. The highest BCUT2D eigenvalue weighted by atomic mass is 16.4. The number of aryl methyl sites for hydroxylation is 2. The number of carbonyl (C=O) groups excluding carboxylic acids is 1. The zero-order valence-corrected chi connectivity index (χ0v) is 14.9. The molecule has 1 aliphatic heterocycles. The number of nitrogens with zero attached hydrogens (tertiary/aromatic N) is 1. The second-order valence-corrected chi connectivity index (χ2v) is 7.67. The molecule has 1 aromatic heterocycles. The number of aromatic nitrogens is 1. The van der Waals surface area contributed by atoms with Gasteiger partial charge in [-0.3, -0.25) is 14.4 Å². The molecule has 1 unspecified atom stereocenters. The van der Waals surface area contributed by atoms with E-state index in [4.69, 9.17) is 0 Å². The maximum Gasteiger partial charge on any atom is 0.311 e. The summed E-state index contributed by atoms with van der Waals surface area (Å²) in [6, 6.07) is 1.73. The summed E-state index contributed by atoms with van der Waals surface area (Å²) in [5.74, 6) is -1.29. The van der Waals surface area contributed by atoms with Gasteiger partial charge in [0, 0.05) is 18.8 Å². The Morgan fingerprint density at radius 1 is 1.24 bits per heavy atom. The molecule has 0 saturated carbocycles. The normalized spacial score (nSPS) is 23.4. The van der Waals surface area contributed by atoms with Crippen molar-refractivity contribution in [3.05, 3.63) is 33.2 Å². The Kier molecular flexibility index (Phi) is 4.71. The van der Waals surface area contributed by atoms with Crippen LogP contribution in [0.25, 0.3) is 0 Å². The molecule has 0 radical (unpaired) electrons. The van der Waals surface area contributed by atoms with Gasteiger partial charge in [-0.1, -0.05) is 20.3 Å².